The van der Waals surface area contributed by atoms with E-state index in [-0.39, 0.29) is 12.5 Å². The predicted octanol–water partition coefficient (Wildman–Crippen LogP) is 2.26. The normalized spacial score (nSPS) is 13.9. The molecule has 23 heavy (non-hydrogen) atoms. The van der Waals surface area contributed by atoms with Crippen molar-refractivity contribution in [3.8, 4) is 11.5 Å². The molecule has 1 N–H and O–H groups in total. The number of rotatable bonds is 5. The summed E-state index contributed by atoms with van der Waals surface area (Å²) >= 11 is 0. The van der Waals surface area contributed by atoms with Gasteiger partial charge in [-0.25, -0.2) is 13.2 Å². The Morgan fingerprint density at radius 1 is 1.13 bits per heavy atom. The Labute approximate surface area is 134 Å². The molecule has 0 fully saturated rings. The number of hydrogen-bond donors (Lipinski definition) is 1. The number of ether oxygens (including phenoxy) is 2. The molecule has 0 amide bonds. The molecule has 7 heteroatoms. The van der Waals surface area contributed by atoms with Crippen LogP contribution in [0.3, 0.4) is 0 Å². The number of sulfonamides is 1. The van der Waals surface area contributed by atoms with Crippen LogP contribution < -0.4 is 14.3 Å². The molecule has 0 aromatic heterocycles. The van der Waals surface area contributed by atoms with Crippen molar-refractivity contribution in [2.45, 2.75) is 12.7 Å². The second-order valence-electron chi connectivity index (χ2n) is 5.10. The minimum absolute atomic E-state index is 0.119. The Bertz CT molecular complexity index is 832. The van der Waals surface area contributed by atoms with Gasteiger partial charge in [-0.05, 0) is 30.7 Å². The fourth-order valence-corrected chi connectivity index (χ4v) is 3.12. The van der Waals surface area contributed by atoms with Gasteiger partial charge in [-0.2, -0.15) is 5.10 Å². The maximum atomic E-state index is 12.1. The highest BCUT2D eigenvalue weighted by atomic mass is 32.2. The van der Waals surface area contributed by atoms with Gasteiger partial charge in [-0.15, -0.1) is 0 Å². The zero-order valence-electron chi connectivity index (χ0n) is 12.5. The Kier molecular flexibility index (Phi) is 4.20. The van der Waals surface area contributed by atoms with Crippen LogP contribution in [-0.2, 0) is 15.8 Å². The third kappa shape index (κ3) is 3.81. The average Bonchev–Trinajstić information content (AvgIpc) is 3.01. The standard InChI is InChI=1S/C16H16N2O4S/c1-12(14-7-8-15-16(9-14)22-11-21-15)17-18-23(19,20)10-13-5-3-2-4-6-13/h2-9,18H,10-11H2,1H3. The molecule has 120 valence electrons. The molecule has 3 rings (SSSR count). The lowest BCUT2D eigenvalue weighted by Crippen LogP contribution is -2.21. The minimum Gasteiger partial charge on any atom is -0.454 e. The maximum Gasteiger partial charge on any atom is 0.251 e. The molecule has 0 unspecified atom stereocenters. The quantitative estimate of drug-likeness (QED) is 0.673. The first-order valence-electron chi connectivity index (χ1n) is 7.01. The van der Waals surface area contributed by atoms with Gasteiger partial charge in [0.25, 0.3) is 10.0 Å². The molecular weight excluding hydrogens is 316 g/mol. The molecule has 1 heterocycles. The van der Waals surface area contributed by atoms with Crippen molar-refractivity contribution >= 4 is 15.7 Å². The van der Waals surface area contributed by atoms with Gasteiger partial charge in [0.05, 0.1) is 11.5 Å². The molecule has 0 aliphatic carbocycles. The van der Waals surface area contributed by atoms with E-state index in [1.54, 1.807) is 49.4 Å². The largest absolute Gasteiger partial charge is 0.454 e. The zero-order chi connectivity index (χ0) is 16.3. The van der Waals surface area contributed by atoms with Crippen LogP contribution in [0.15, 0.2) is 53.6 Å². The second-order valence-corrected chi connectivity index (χ2v) is 6.80. The van der Waals surface area contributed by atoms with E-state index in [0.717, 1.165) is 5.56 Å². The highest BCUT2D eigenvalue weighted by Gasteiger charge is 2.15. The van der Waals surface area contributed by atoms with Crippen molar-refractivity contribution in [3.05, 3.63) is 59.7 Å². The first-order valence-corrected chi connectivity index (χ1v) is 8.66. The van der Waals surface area contributed by atoms with E-state index in [4.69, 9.17) is 9.47 Å². The summed E-state index contributed by atoms with van der Waals surface area (Å²) in [6.07, 6.45) is 0. The van der Waals surface area contributed by atoms with Gasteiger partial charge < -0.3 is 9.47 Å². The Morgan fingerprint density at radius 3 is 2.65 bits per heavy atom. The van der Waals surface area contributed by atoms with Gasteiger partial charge in [0.15, 0.2) is 11.5 Å². The lowest BCUT2D eigenvalue weighted by molar-refractivity contribution is 0.174. The summed E-state index contributed by atoms with van der Waals surface area (Å²) in [5.41, 5.74) is 2.01. The number of nitrogens with zero attached hydrogens (tertiary/aromatic N) is 1. The third-order valence-electron chi connectivity index (χ3n) is 3.34. The summed E-state index contributed by atoms with van der Waals surface area (Å²) in [5.74, 6) is 1.18. The lowest BCUT2D eigenvalue weighted by Gasteiger charge is -2.06. The van der Waals surface area contributed by atoms with Crippen molar-refractivity contribution in [2.24, 2.45) is 5.10 Å². The number of hydrogen-bond acceptors (Lipinski definition) is 5. The lowest BCUT2D eigenvalue weighted by atomic mass is 10.1. The second kappa shape index (κ2) is 6.29. The van der Waals surface area contributed by atoms with Gasteiger partial charge >= 0.3 is 0 Å². The van der Waals surface area contributed by atoms with Crippen molar-refractivity contribution in [1.29, 1.82) is 0 Å². The first-order chi connectivity index (χ1) is 11.0. The van der Waals surface area contributed by atoms with Gasteiger partial charge in [0, 0.05) is 5.56 Å². The summed E-state index contributed by atoms with van der Waals surface area (Å²) in [6.45, 7) is 1.92. The molecular formula is C16H16N2O4S. The van der Waals surface area contributed by atoms with E-state index in [2.05, 4.69) is 9.93 Å². The summed E-state index contributed by atoms with van der Waals surface area (Å²) in [6, 6.07) is 14.3. The van der Waals surface area contributed by atoms with Crippen LogP contribution in [0.2, 0.25) is 0 Å². The molecule has 6 nitrogen and oxygen atoms in total. The summed E-state index contributed by atoms with van der Waals surface area (Å²) in [7, 11) is -3.54. The van der Waals surface area contributed by atoms with Gasteiger partial charge in [0.1, 0.15) is 0 Å². The van der Waals surface area contributed by atoms with Crippen LogP contribution in [0, 0.1) is 0 Å². The van der Waals surface area contributed by atoms with E-state index in [1.807, 2.05) is 6.07 Å². The van der Waals surface area contributed by atoms with Crippen LogP contribution in [0.1, 0.15) is 18.1 Å². The van der Waals surface area contributed by atoms with Crippen molar-refractivity contribution < 1.29 is 17.9 Å². The summed E-state index contributed by atoms with van der Waals surface area (Å²) in [4.78, 5) is 2.26. The Balaban J connectivity index is 1.71. The molecule has 2 aromatic rings. The smallest absolute Gasteiger partial charge is 0.251 e. The summed E-state index contributed by atoms with van der Waals surface area (Å²) in [5, 5.41) is 3.97. The fourth-order valence-electron chi connectivity index (χ4n) is 2.15. The number of benzene rings is 2. The summed E-state index contributed by atoms with van der Waals surface area (Å²) < 4.78 is 34.7. The topological polar surface area (TPSA) is 77.0 Å². The molecule has 0 spiro atoms. The van der Waals surface area contributed by atoms with Crippen molar-refractivity contribution in [2.75, 3.05) is 6.79 Å². The molecule has 1 aliphatic rings. The molecule has 1 aliphatic heterocycles. The molecule has 0 bridgehead atoms. The Hall–Kier alpha value is -2.54. The Morgan fingerprint density at radius 2 is 1.87 bits per heavy atom. The van der Waals surface area contributed by atoms with Gasteiger partial charge in [0.2, 0.25) is 6.79 Å². The minimum atomic E-state index is -3.54. The first kappa shape index (κ1) is 15.4. The zero-order valence-corrected chi connectivity index (χ0v) is 13.3. The molecule has 0 atom stereocenters. The molecule has 2 aromatic carbocycles. The van der Waals surface area contributed by atoms with E-state index in [1.165, 1.54) is 0 Å². The van der Waals surface area contributed by atoms with Gasteiger partial charge in [-0.1, -0.05) is 30.3 Å². The average molecular weight is 332 g/mol. The third-order valence-corrected chi connectivity index (χ3v) is 4.43. The van der Waals surface area contributed by atoms with Crippen molar-refractivity contribution in [1.82, 2.24) is 4.83 Å². The van der Waals surface area contributed by atoms with E-state index >= 15 is 0 Å². The monoisotopic (exact) mass is 332 g/mol. The van der Waals surface area contributed by atoms with Crippen LogP contribution >= 0.6 is 0 Å². The molecule has 0 saturated carbocycles. The number of nitrogens with one attached hydrogen (secondary N) is 1. The van der Waals surface area contributed by atoms with E-state index in [0.29, 0.717) is 22.8 Å². The maximum absolute atomic E-state index is 12.1. The highest BCUT2D eigenvalue weighted by Crippen LogP contribution is 2.32. The number of hydrazone groups is 1. The fraction of sp³-hybridized carbons (Fsp3) is 0.188. The molecule has 0 saturated heterocycles. The predicted molar refractivity (Wildman–Crippen MR) is 87.0 cm³/mol. The van der Waals surface area contributed by atoms with Gasteiger partial charge in [-0.3, -0.25) is 0 Å². The van der Waals surface area contributed by atoms with Crippen LogP contribution in [-0.4, -0.2) is 20.9 Å². The van der Waals surface area contributed by atoms with Crippen LogP contribution in [0.4, 0.5) is 0 Å². The SMILES string of the molecule is CC(=NNS(=O)(=O)Cc1ccccc1)c1ccc2c(c1)OCO2. The van der Waals surface area contributed by atoms with E-state index < -0.39 is 10.0 Å². The van der Waals surface area contributed by atoms with Crippen LogP contribution in [0.5, 0.6) is 11.5 Å². The molecule has 0 radical (unpaired) electrons. The van der Waals surface area contributed by atoms with Crippen LogP contribution in [0.25, 0.3) is 0 Å². The van der Waals surface area contributed by atoms with E-state index in [9.17, 15) is 8.42 Å². The number of fused-ring (bicyclic) bond motifs is 1. The van der Waals surface area contributed by atoms with Crippen molar-refractivity contribution in [3.63, 3.8) is 0 Å². The highest BCUT2D eigenvalue weighted by molar-refractivity contribution is 7.88.